The third-order valence-corrected chi connectivity index (χ3v) is 3.51. The molecule has 2 aromatic rings. The molecule has 0 aliphatic rings. The summed E-state index contributed by atoms with van der Waals surface area (Å²) in [7, 11) is 0. The Labute approximate surface area is 138 Å². The van der Waals surface area contributed by atoms with Gasteiger partial charge in [-0.2, -0.15) is 5.10 Å². The van der Waals surface area contributed by atoms with Crippen molar-refractivity contribution in [1.29, 1.82) is 0 Å². The Morgan fingerprint density at radius 3 is 2.77 bits per heavy atom. The molecule has 1 aromatic carbocycles. The minimum atomic E-state index is -0.341. The molecule has 1 aromatic heterocycles. The maximum atomic E-state index is 12.1. The molecule has 5 nitrogen and oxygen atoms in total. The molecule has 1 atom stereocenters. The average Bonchev–Trinajstić information content (AvgIpc) is 2.55. The lowest BCUT2D eigenvalue weighted by atomic mass is 10.2. The van der Waals surface area contributed by atoms with E-state index >= 15 is 0 Å². The molecule has 0 saturated heterocycles. The maximum Gasteiger partial charge on any atom is 0.262 e. The number of carbonyl (C=O) groups is 1. The van der Waals surface area contributed by atoms with Crippen molar-refractivity contribution in [2.45, 2.75) is 19.4 Å². The Hall–Kier alpha value is -2.21. The van der Waals surface area contributed by atoms with Gasteiger partial charge < -0.3 is 5.32 Å². The fraction of sp³-hybridized carbons (Fsp3) is 0.188. The zero-order valence-electron chi connectivity index (χ0n) is 12.2. The van der Waals surface area contributed by atoms with E-state index in [-0.39, 0.29) is 11.9 Å². The van der Waals surface area contributed by atoms with E-state index in [1.165, 1.54) is 0 Å². The second-order valence-corrected chi connectivity index (χ2v) is 5.55. The van der Waals surface area contributed by atoms with E-state index in [0.717, 1.165) is 15.7 Å². The van der Waals surface area contributed by atoms with Gasteiger partial charge in [-0.05, 0) is 36.8 Å². The van der Waals surface area contributed by atoms with Gasteiger partial charge in [0.25, 0.3) is 5.91 Å². The van der Waals surface area contributed by atoms with E-state index < -0.39 is 0 Å². The highest BCUT2D eigenvalue weighted by Crippen LogP contribution is 2.15. The number of hydrogen-bond acceptors (Lipinski definition) is 4. The van der Waals surface area contributed by atoms with Crippen LogP contribution in [0.25, 0.3) is 0 Å². The summed E-state index contributed by atoms with van der Waals surface area (Å²) in [5, 5.41) is 7.14. The number of hydrogen-bond donors (Lipinski definition) is 2. The third kappa shape index (κ3) is 4.96. The number of halogens is 1. The zero-order chi connectivity index (χ0) is 15.8. The molecule has 0 aliphatic heterocycles. The summed E-state index contributed by atoms with van der Waals surface area (Å²) in [4.78, 5) is 16.1. The summed E-state index contributed by atoms with van der Waals surface area (Å²) in [5.74, 6) is -0.175. The Bertz CT molecular complexity index is 628. The summed E-state index contributed by atoms with van der Waals surface area (Å²) >= 11 is 3.38. The minimum Gasteiger partial charge on any atom is -0.374 e. The van der Waals surface area contributed by atoms with Crippen LogP contribution in [0.15, 0.2) is 58.4 Å². The zero-order valence-corrected chi connectivity index (χ0v) is 13.7. The molecule has 114 valence electrons. The van der Waals surface area contributed by atoms with Crippen LogP contribution in [0, 0.1) is 0 Å². The average molecular weight is 361 g/mol. The summed E-state index contributed by atoms with van der Waals surface area (Å²) < 4.78 is 0.997. The van der Waals surface area contributed by atoms with Gasteiger partial charge in [0.2, 0.25) is 0 Å². The fourth-order valence-corrected chi connectivity index (χ4v) is 2.07. The molecule has 0 spiro atoms. The predicted octanol–water partition coefficient (Wildman–Crippen LogP) is 3.18. The van der Waals surface area contributed by atoms with Gasteiger partial charge in [-0.1, -0.05) is 28.9 Å². The van der Waals surface area contributed by atoms with E-state index in [2.05, 4.69) is 36.8 Å². The lowest BCUT2D eigenvalue weighted by Crippen LogP contribution is -2.36. The molecule has 0 unspecified atom stereocenters. The summed E-state index contributed by atoms with van der Waals surface area (Å²) in [6, 6.07) is 11.0. The highest BCUT2D eigenvalue weighted by Gasteiger charge is 2.15. The molecule has 0 fully saturated rings. The monoisotopic (exact) mass is 360 g/mol. The molecule has 6 heteroatoms. The van der Waals surface area contributed by atoms with Gasteiger partial charge in [0.05, 0.1) is 6.21 Å². The fourth-order valence-electron chi connectivity index (χ4n) is 1.80. The van der Waals surface area contributed by atoms with Gasteiger partial charge in [-0.3, -0.25) is 9.78 Å². The number of nitrogens with one attached hydrogen (secondary N) is 2. The normalized spacial score (nSPS) is 12.1. The van der Waals surface area contributed by atoms with Crippen molar-refractivity contribution in [3.05, 3.63) is 58.8 Å². The van der Waals surface area contributed by atoms with Crippen LogP contribution in [0.2, 0.25) is 0 Å². The molecule has 0 aliphatic carbocycles. The van der Waals surface area contributed by atoms with Crippen LogP contribution in [0.1, 0.15) is 18.9 Å². The SMILES string of the molecule is CC[C@@H](Nc1ccc(Br)cc1)C(=O)N/N=C\c1cccnc1. The third-order valence-electron chi connectivity index (χ3n) is 2.98. The molecule has 22 heavy (non-hydrogen) atoms. The molecule has 2 N–H and O–H groups in total. The van der Waals surface area contributed by atoms with Crippen molar-refractivity contribution in [2.24, 2.45) is 5.10 Å². The van der Waals surface area contributed by atoms with E-state index in [1.54, 1.807) is 18.6 Å². The smallest absolute Gasteiger partial charge is 0.262 e. The first-order valence-electron chi connectivity index (χ1n) is 6.94. The molecule has 1 amide bonds. The summed E-state index contributed by atoms with van der Waals surface area (Å²) in [6.07, 6.45) is 5.58. The van der Waals surface area contributed by atoms with E-state index in [0.29, 0.717) is 6.42 Å². The van der Waals surface area contributed by atoms with Crippen LogP contribution in [0.3, 0.4) is 0 Å². The van der Waals surface area contributed by atoms with Crippen molar-refractivity contribution in [3.63, 3.8) is 0 Å². The van der Waals surface area contributed by atoms with Gasteiger partial charge >= 0.3 is 0 Å². The van der Waals surface area contributed by atoms with Gasteiger partial charge in [-0.15, -0.1) is 0 Å². The van der Waals surface area contributed by atoms with E-state index in [1.807, 2.05) is 43.3 Å². The summed E-state index contributed by atoms with van der Waals surface area (Å²) in [5.41, 5.74) is 4.27. The van der Waals surface area contributed by atoms with Crippen molar-refractivity contribution in [3.8, 4) is 0 Å². The van der Waals surface area contributed by atoms with Crippen molar-refractivity contribution >= 4 is 33.7 Å². The van der Waals surface area contributed by atoms with Gasteiger partial charge in [-0.25, -0.2) is 5.43 Å². The van der Waals surface area contributed by atoms with Gasteiger partial charge in [0.1, 0.15) is 6.04 Å². The predicted molar refractivity (Wildman–Crippen MR) is 91.8 cm³/mol. The Morgan fingerprint density at radius 2 is 2.14 bits per heavy atom. The standard InChI is InChI=1S/C16H17BrN4O/c1-2-15(20-14-7-5-13(17)6-8-14)16(22)21-19-11-12-4-3-9-18-10-12/h3-11,15,20H,2H2,1H3,(H,21,22)/b19-11-/t15-/m1/s1. The molecule has 2 rings (SSSR count). The van der Waals surface area contributed by atoms with Crippen molar-refractivity contribution in [1.82, 2.24) is 10.4 Å². The molecular formula is C16H17BrN4O. The van der Waals surface area contributed by atoms with Crippen molar-refractivity contribution < 1.29 is 4.79 Å². The summed E-state index contributed by atoms with van der Waals surface area (Å²) in [6.45, 7) is 1.95. The molecule has 0 bridgehead atoms. The molecule has 1 heterocycles. The largest absolute Gasteiger partial charge is 0.374 e. The first-order chi connectivity index (χ1) is 10.7. The number of hydrazone groups is 1. The number of pyridine rings is 1. The minimum absolute atomic E-state index is 0.175. The second-order valence-electron chi connectivity index (χ2n) is 4.63. The van der Waals surface area contributed by atoms with Crippen LogP contribution in [-0.2, 0) is 4.79 Å². The number of nitrogens with zero attached hydrogens (tertiary/aromatic N) is 2. The molecular weight excluding hydrogens is 344 g/mol. The first kappa shape index (κ1) is 16.2. The van der Waals surface area contributed by atoms with E-state index in [4.69, 9.17) is 0 Å². The highest BCUT2D eigenvalue weighted by atomic mass is 79.9. The second kappa shape index (κ2) is 8.29. The number of anilines is 1. The molecule has 0 radical (unpaired) electrons. The van der Waals surface area contributed by atoms with Crippen LogP contribution in [0.4, 0.5) is 5.69 Å². The number of aromatic nitrogens is 1. The number of rotatable bonds is 6. The quantitative estimate of drug-likeness (QED) is 0.614. The highest BCUT2D eigenvalue weighted by molar-refractivity contribution is 9.10. The first-order valence-corrected chi connectivity index (χ1v) is 7.73. The van der Waals surface area contributed by atoms with Crippen molar-refractivity contribution in [2.75, 3.05) is 5.32 Å². The maximum absolute atomic E-state index is 12.1. The Kier molecular flexibility index (Phi) is 6.09. The lowest BCUT2D eigenvalue weighted by Gasteiger charge is -2.16. The van der Waals surface area contributed by atoms with Gasteiger partial charge in [0.15, 0.2) is 0 Å². The van der Waals surface area contributed by atoms with Gasteiger partial charge in [0, 0.05) is 28.1 Å². The Balaban J connectivity index is 1.91. The number of carbonyl (C=O) groups excluding carboxylic acids is 1. The molecule has 0 saturated carbocycles. The Morgan fingerprint density at radius 1 is 1.36 bits per heavy atom. The van der Waals surface area contributed by atoms with Crippen LogP contribution in [-0.4, -0.2) is 23.1 Å². The topological polar surface area (TPSA) is 66.4 Å². The lowest BCUT2D eigenvalue weighted by molar-refractivity contribution is -0.121. The number of benzene rings is 1. The van der Waals surface area contributed by atoms with E-state index in [9.17, 15) is 4.79 Å². The van der Waals surface area contributed by atoms with Crippen LogP contribution < -0.4 is 10.7 Å². The number of amides is 1. The van der Waals surface area contributed by atoms with Crippen LogP contribution >= 0.6 is 15.9 Å². The van der Waals surface area contributed by atoms with Crippen LogP contribution in [0.5, 0.6) is 0 Å².